The van der Waals surface area contributed by atoms with Crippen LogP contribution in [0, 0.1) is 6.92 Å². The van der Waals surface area contributed by atoms with Crippen LogP contribution < -0.4 is 26.4 Å². The van der Waals surface area contributed by atoms with E-state index in [0.29, 0.717) is 66.5 Å². The number of nitrogens with zero attached hydrogens (tertiary/aromatic N) is 7. The van der Waals surface area contributed by atoms with Crippen molar-refractivity contribution < 1.29 is 23.9 Å². The van der Waals surface area contributed by atoms with E-state index in [2.05, 4.69) is 32.5 Å². The lowest BCUT2D eigenvalue weighted by molar-refractivity contribution is -0.116. The summed E-state index contributed by atoms with van der Waals surface area (Å²) in [5.74, 6) is 0.180. The van der Waals surface area contributed by atoms with Gasteiger partial charge in [-0.3, -0.25) is 24.2 Å². The highest BCUT2D eigenvalue weighted by Gasteiger charge is 2.34. The Labute approximate surface area is 358 Å². The number of imidazole rings is 1. The van der Waals surface area contributed by atoms with E-state index >= 15 is 0 Å². The lowest BCUT2D eigenvalue weighted by Crippen LogP contribution is -2.35. The molecule has 318 valence electrons. The van der Waals surface area contributed by atoms with Crippen molar-refractivity contribution in [2.45, 2.75) is 58.2 Å². The zero-order valence-corrected chi connectivity index (χ0v) is 35.2. The number of hydrogen-bond donors (Lipinski definition) is 4. The molecule has 5 N–H and O–H groups in total. The quantitative estimate of drug-likeness (QED) is 0.0641. The van der Waals surface area contributed by atoms with Crippen LogP contribution in [0.15, 0.2) is 83.8 Å². The van der Waals surface area contributed by atoms with Crippen LogP contribution in [0.1, 0.15) is 86.0 Å². The number of carbonyl (C=O) groups excluding carboxylic acids is 4. The average Bonchev–Trinajstić information content (AvgIpc) is 3.46. The number of nitrogens with two attached hydrogens (primary N) is 1. The van der Waals surface area contributed by atoms with Gasteiger partial charge in [0.05, 0.1) is 46.7 Å². The monoisotopic (exact) mass is 835 g/mol. The van der Waals surface area contributed by atoms with Gasteiger partial charge >= 0.3 is 0 Å². The molecule has 16 nitrogen and oxygen atoms in total. The first kappa shape index (κ1) is 40.1. The number of aryl methyl sites for hydroxylation is 4. The third kappa shape index (κ3) is 7.98. The molecule has 16 heteroatoms. The van der Waals surface area contributed by atoms with Gasteiger partial charge in [0.15, 0.2) is 5.82 Å². The van der Waals surface area contributed by atoms with Crippen LogP contribution in [0.3, 0.4) is 0 Å². The van der Waals surface area contributed by atoms with E-state index in [1.807, 2.05) is 83.8 Å². The summed E-state index contributed by atoms with van der Waals surface area (Å²) < 4.78 is 11.4. The molecule has 1 saturated heterocycles. The van der Waals surface area contributed by atoms with E-state index < -0.39 is 5.91 Å². The number of carbonyl (C=O) groups is 4. The maximum Gasteiger partial charge on any atom is 0.291 e. The van der Waals surface area contributed by atoms with Crippen LogP contribution in [0.25, 0.3) is 5.70 Å². The second-order valence-corrected chi connectivity index (χ2v) is 16.6. The minimum atomic E-state index is -0.432. The van der Waals surface area contributed by atoms with E-state index in [0.717, 1.165) is 52.2 Å². The van der Waals surface area contributed by atoms with Crippen molar-refractivity contribution in [2.24, 2.45) is 26.1 Å². The zero-order valence-electron chi connectivity index (χ0n) is 35.2. The van der Waals surface area contributed by atoms with Crippen molar-refractivity contribution in [1.82, 2.24) is 28.5 Å². The highest BCUT2D eigenvalue weighted by atomic mass is 16.5. The number of nitrogens with one attached hydrogen (secondary N) is 3. The summed E-state index contributed by atoms with van der Waals surface area (Å²) >= 11 is 0. The van der Waals surface area contributed by atoms with Crippen LogP contribution in [0.2, 0.25) is 0 Å². The highest BCUT2D eigenvalue weighted by Crippen LogP contribution is 2.39. The van der Waals surface area contributed by atoms with Crippen LogP contribution in [0.5, 0.6) is 5.75 Å². The second kappa shape index (κ2) is 15.9. The Morgan fingerprint density at radius 1 is 0.887 bits per heavy atom. The number of allylic oxidation sites excluding steroid dienone is 1. The molecule has 2 fully saturated rings. The molecule has 62 heavy (non-hydrogen) atoms. The molecule has 2 aromatic carbocycles. The number of anilines is 4. The summed E-state index contributed by atoms with van der Waals surface area (Å²) in [5, 5.41) is 9.31. The Morgan fingerprint density at radius 3 is 2.42 bits per heavy atom. The van der Waals surface area contributed by atoms with Gasteiger partial charge in [-0.2, -0.15) is 0 Å². The summed E-state index contributed by atoms with van der Waals surface area (Å²) in [6, 6.07) is 13.1. The number of rotatable bonds is 12. The normalized spacial score (nSPS) is 16.2. The first-order valence-corrected chi connectivity index (χ1v) is 20.7. The van der Waals surface area contributed by atoms with Crippen molar-refractivity contribution in [3.05, 3.63) is 118 Å². The van der Waals surface area contributed by atoms with Gasteiger partial charge in [0, 0.05) is 83.8 Å². The zero-order chi connectivity index (χ0) is 43.4. The fraction of sp³-hybridized carbons (Fsp3) is 0.304. The van der Waals surface area contributed by atoms with Crippen LogP contribution in [-0.2, 0) is 39.0 Å². The molecule has 3 aliphatic heterocycles. The number of fused-ring (bicyclic) bond motifs is 3. The predicted octanol–water partition coefficient (Wildman–Crippen LogP) is 6.30. The fourth-order valence-corrected chi connectivity index (χ4v) is 8.40. The molecule has 0 spiro atoms. The second-order valence-electron chi connectivity index (χ2n) is 16.6. The number of hydrogen-bond acceptors (Lipinski definition) is 9. The maximum absolute atomic E-state index is 13.6. The Hall–Kier alpha value is -7.36. The SMILES string of the molecule is C=C1CC2C=Nc3cc(OCCCC(=O)Nc4cn(C)c(C(=O)Nc5cc(C(Nc6cc(C(=O)N7Cc8ccc(N)cc8C7)n(C)c6)=C6CC6)n(C)c5)n4)c(C)cc3C(=O)N2C1. The lowest BCUT2D eigenvalue weighted by atomic mass is 10.1. The molecule has 4 amide bonds. The van der Waals surface area contributed by atoms with Crippen LogP contribution in [-0.4, -0.2) is 77.5 Å². The Bertz CT molecular complexity index is 2760. The van der Waals surface area contributed by atoms with Gasteiger partial charge < -0.3 is 49.9 Å². The number of benzene rings is 2. The Kier molecular flexibility index (Phi) is 10.3. The van der Waals surface area contributed by atoms with Gasteiger partial charge in [0.2, 0.25) is 11.7 Å². The van der Waals surface area contributed by atoms with E-state index in [9.17, 15) is 19.2 Å². The molecule has 9 rings (SSSR count). The minimum Gasteiger partial charge on any atom is -0.493 e. The number of nitrogen functional groups attached to an aromatic ring is 1. The molecular formula is C46H49N11O5. The first-order chi connectivity index (χ1) is 29.8. The standard InChI is InChI=1S/C46H49N11O5/c1-26-13-34-19-48-36-18-39(27(2)14-35(36)45(60)57(34)20-26)62-12-6-7-41(58)51-40-25-55(5)43(52-40)44(59)50-33-16-37(53(3)24-33)42(28-8-9-28)49-32-17-38(54(4)23-32)46(61)56-21-29-10-11-31(47)15-30(29)22-56/h10-11,14-19,23-25,34,49H,1,6-9,12-13,20-22,47H2,2-5H3,(H,50,59)(H,51,58). The van der Waals surface area contributed by atoms with Gasteiger partial charge in [-0.15, -0.1) is 0 Å². The summed E-state index contributed by atoms with van der Waals surface area (Å²) in [5.41, 5.74) is 16.8. The number of amides is 4. The lowest BCUT2D eigenvalue weighted by Gasteiger charge is -2.20. The van der Waals surface area contributed by atoms with Gasteiger partial charge in [-0.25, -0.2) is 4.98 Å². The van der Waals surface area contributed by atoms with E-state index in [1.165, 1.54) is 5.57 Å². The molecular weight excluding hydrogens is 787 g/mol. The van der Waals surface area contributed by atoms with E-state index in [-0.39, 0.29) is 48.4 Å². The third-order valence-corrected chi connectivity index (χ3v) is 11.7. The van der Waals surface area contributed by atoms with Crippen molar-refractivity contribution in [1.29, 1.82) is 0 Å². The van der Waals surface area contributed by atoms with Crippen LogP contribution in [0.4, 0.5) is 28.6 Å². The third-order valence-electron chi connectivity index (χ3n) is 11.7. The molecule has 1 saturated carbocycles. The highest BCUT2D eigenvalue weighted by molar-refractivity contribution is 6.04. The number of aromatic nitrogens is 4. The summed E-state index contributed by atoms with van der Waals surface area (Å²) in [4.78, 5) is 65.9. The molecule has 4 aliphatic rings. The Morgan fingerprint density at radius 2 is 1.63 bits per heavy atom. The van der Waals surface area contributed by atoms with Gasteiger partial charge in [-0.05, 0) is 85.2 Å². The molecule has 5 aromatic rings. The number of ether oxygens (including phenoxy) is 1. The topological polar surface area (TPSA) is 186 Å². The maximum atomic E-state index is 13.6. The molecule has 0 bridgehead atoms. The Balaban J connectivity index is 0.782. The molecule has 1 atom stereocenters. The smallest absolute Gasteiger partial charge is 0.291 e. The summed E-state index contributed by atoms with van der Waals surface area (Å²) in [6.07, 6.45) is 10.3. The van der Waals surface area contributed by atoms with Crippen molar-refractivity contribution in [3.8, 4) is 5.75 Å². The first-order valence-electron chi connectivity index (χ1n) is 20.7. The summed E-state index contributed by atoms with van der Waals surface area (Å²) in [6.45, 7) is 7.79. The van der Waals surface area contributed by atoms with E-state index in [1.54, 1.807) is 35.0 Å². The summed E-state index contributed by atoms with van der Waals surface area (Å²) in [7, 11) is 5.48. The van der Waals surface area contributed by atoms with E-state index in [4.69, 9.17) is 10.5 Å². The van der Waals surface area contributed by atoms with Gasteiger partial charge in [0.25, 0.3) is 17.7 Å². The predicted molar refractivity (Wildman–Crippen MR) is 237 cm³/mol. The molecule has 1 unspecified atom stereocenters. The van der Waals surface area contributed by atoms with Gasteiger partial charge in [0.1, 0.15) is 11.4 Å². The number of aliphatic imine (C=N–C) groups is 1. The van der Waals surface area contributed by atoms with Crippen LogP contribution >= 0.6 is 0 Å². The van der Waals surface area contributed by atoms with Crippen molar-refractivity contribution in [2.75, 3.05) is 34.8 Å². The molecule has 0 radical (unpaired) electrons. The molecule has 1 aliphatic carbocycles. The fourth-order valence-electron chi connectivity index (χ4n) is 8.40. The minimum absolute atomic E-state index is 0.0567. The van der Waals surface area contributed by atoms with Crippen molar-refractivity contribution >= 4 is 64.1 Å². The molecule has 6 heterocycles. The molecule has 3 aromatic heterocycles. The largest absolute Gasteiger partial charge is 0.493 e. The van der Waals surface area contributed by atoms with Crippen molar-refractivity contribution in [3.63, 3.8) is 0 Å². The van der Waals surface area contributed by atoms with Gasteiger partial charge in [-0.1, -0.05) is 18.2 Å². The average molecular weight is 836 g/mol.